The molecule has 112 valence electrons. The van der Waals surface area contributed by atoms with Crippen LogP contribution in [-0.4, -0.2) is 133 Å². The van der Waals surface area contributed by atoms with Gasteiger partial charge in [-0.1, -0.05) is 0 Å². The first-order chi connectivity index (χ1) is 5.78. The van der Waals surface area contributed by atoms with Crippen molar-refractivity contribution >= 4 is 119 Å². The van der Waals surface area contributed by atoms with Crippen LogP contribution in [0.2, 0.25) is 0 Å². The van der Waals surface area contributed by atoms with E-state index in [-0.39, 0.29) is 120 Å². The zero-order chi connectivity index (χ0) is 10.6. The molecule has 0 amide bonds. The van der Waals surface area contributed by atoms with Gasteiger partial charge in [0.25, 0.3) is 0 Å². The van der Waals surface area contributed by atoms with Crippen LogP contribution in [0.3, 0.4) is 0 Å². The molecule has 0 spiro atoms. The van der Waals surface area contributed by atoms with Crippen LogP contribution in [0.15, 0.2) is 0 Å². The van der Waals surface area contributed by atoms with E-state index in [1.807, 2.05) is 0 Å². The minimum atomic E-state index is -2.74. The molecule has 0 aromatic heterocycles. The topological polar surface area (TPSA) is 237 Å². The quantitative estimate of drug-likeness (QED) is 0.261. The maximum absolute atomic E-state index is 10.3. The predicted molar refractivity (Wildman–Crippen MR) is 80.9 cm³/mol. The van der Waals surface area contributed by atoms with Crippen molar-refractivity contribution in [1.29, 1.82) is 0 Å². The Morgan fingerprint density at radius 1 is 0.750 bits per heavy atom. The summed E-state index contributed by atoms with van der Waals surface area (Å²) in [5, 5.41) is 33.8. The van der Waals surface area contributed by atoms with Crippen LogP contribution < -0.4 is 18.5 Å². The summed E-state index contributed by atoms with van der Waals surface area (Å²) in [6.45, 7) is 0. The van der Waals surface area contributed by atoms with Gasteiger partial charge in [0.1, 0.15) is 0 Å². The molecule has 0 saturated carbocycles. The fraction of sp³-hybridized carbons (Fsp3) is 0.500. The molecule has 0 rings (SSSR count). The molecule has 20 heavy (non-hydrogen) atoms. The third kappa shape index (κ3) is 21.8. The molecule has 0 unspecified atom stereocenters. The Hall–Kier alpha value is 1.54. The number of aliphatic hydroxyl groups is 1. The number of aliphatic carboxylic acids is 3. The molecule has 0 saturated heterocycles. The fourth-order valence-corrected chi connectivity index (χ4v) is 0.714. The van der Waals surface area contributed by atoms with Crippen LogP contribution in [0.25, 0.3) is 0 Å². The van der Waals surface area contributed by atoms with Gasteiger partial charge in [-0.3, -0.25) is 9.59 Å². The Kier molecular flexibility index (Phi) is 56.5. The predicted octanol–water partition coefficient (Wildman–Crippen LogP) is -2.29. The van der Waals surface area contributed by atoms with E-state index in [2.05, 4.69) is 0 Å². The molecule has 14 heteroatoms. The number of hydrogen-bond acceptors (Lipinski definition) is 7. The molecule has 0 heterocycles. The molecule has 0 aliphatic heterocycles. The van der Waals surface area contributed by atoms with Crippen molar-refractivity contribution in [2.45, 2.75) is 18.4 Å². The summed E-state index contributed by atoms with van der Waals surface area (Å²) in [7, 11) is 0. The van der Waals surface area contributed by atoms with Gasteiger partial charge >= 0.3 is 107 Å². The molecule has 0 radical (unpaired) electrons. The fourth-order valence-electron chi connectivity index (χ4n) is 0.714. The summed E-state index contributed by atoms with van der Waals surface area (Å²) < 4.78 is 0. The van der Waals surface area contributed by atoms with Gasteiger partial charge in [0.15, 0.2) is 5.60 Å². The van der Waals surface area contributed by atoms with E-state index in [0.29, 0.717) is 0 Å². The number of rotatable bonds is 5. The molecular weight excluding hydrogens is 331 g/mol. The van der Waals surface area contributed by atoms with Crippen molar-refractivity contribution in [3.63, 3.8) is 0 Å². The van der Waals surface area contributed by atoms with E-state index in [1.165, 1.54) is 0 Å². The average Bonchev–Trinajstić information content (AvgIpc) is 1.82. The first-order valence-corrected chi connectivity index (χ1v) is 3.17. The van der Waals surface area contributed by atoms with Crippen LogP contribution in [0.1, 0.15) is 12.8 Å². The molecule has 0 aromatic carbocycles. The van der Waals surface area contributed by atoms with Crippen molar-refractivity contribution in [3.05, 3.63) is 0 Å². The average molecular weight is 352 g/mol. The zero-order valence-electron chi connectivity index (χ0n) is 8.96. The van der Waals surface area contributed by atoms with Gasteiger partial charge in [-0.25, -0.2) is 4.79 Å². The first-order valence-electron chi connectivity index (χ1n) is 3.17. The van der Waals surface area contributed by atoms with Crippen LogP contribution in [0.4, 0.5) is 0 Å². The SMILES string of the molecule is Cl.N.N.N.O=C(O)CC(O)(CC(=O)O)C(=O)O.[NaH].[NaH].[NaH]. The number of hydrogen-bond donors (Lipinski definition) is 7. The van der Waals surface area contributed by atoms with Gasteiger partial charge in [-0.05, 0) is 0 Å². The second-order valence-electron chi connectivity index (χ2n) is 2.48. The van der Waals surface area contributed by atoms with Gasteiger partial charge in [-0.15, -0.1) is 12.4 Å². The minimum absolute atomic E-state index is 0. The maximum atomic E-state index is 10.3. The van der Waals surface area contributed by atoms with Crippen LogP contribution in [0, 0.1) is 0 Å². The molecule has 10 nitrogen and oxygen atoms in total. The molecular formula is C6H21ClN3Na3O7. The number of carbonyl (C=O) groups is 3. The molecule has 0 fully saturated rings. The van der Waals surface area contributed by atoms with Crippen molar-refractivity contribution in [2.24, 2.45) is 0 Å². The van der Waals surface area contributed by atoms with E-state index >= 15 is 0 Å². The van der Waals surface area contributed by atoms with Crippen LogP contribution >= 0.6 is 12.4 Å². The summed E-state index contributed by atoms with van der Waals surface area (Å²) in [4.78, 5) is 30.5. The van der Waals surface area contributed by atoms with Crippen molar-refractivity contribution < 1.29 is 34.8 Å². The number of carboxylic acid groups (broad SMARTS) is 3. The van der Waals surface area contributed by atoms with Crippen LogP contribution in [0.5, 0.6) is 0 Å². The summed E-state index contributed by atoms with van der Waals surface area (Å²) in [5.41, 5.74) is -2.74. The van der Waals surface area contributed by atoms with Gasteiger partial charge in [-0.2, -0.15) is 0 Å². The molecule has 0 aliphatic rings. The summed E-state index contributed by atoms with van der Waals surface area (Å²) in [5.74, 6) is -5.02. The number of halogens is 1. The standard InChI is InChI=1S/C6H8O7.ClH.3H3N.3Na.3H/c7-3(8)1-6(13,5(11)12)2-4(9)10;;;;;;;;;;/h13H,1-2H2,(H,7,8)(H,9,10)(H,11,12);1H;3*1H3;;;;;;. The van der Waals surface area contributed by atoms with E-state index in [1.54, 1.807) is 0 Å². The van der Waals surface area contributed by atoms with E-state index < -0.39 is 36.4 Å². The van der Waals surface area contributed by atoms with Crippen molar-refractivity contribution in [1.82, 2.24) is 18.5 Å². The van der Waals surface area contributed by atoms with E-state index in [0.717, 1.165) is 0 Å². The van der Waals surface area contributed by atoms with Crippen LogP contribution in [-0.2, 0) is 14.4 Å². The summed E-state index contributed by atoms with van der Waals surface area (Å²) in [6.07, 6.45) is -2.29. The van der Waals surface area contributed by atoms with Crippen molar-refractivity contribution in [2.75, 3.05) is 0 Å². The molecule has 0 aliphatic carbocycles. The Balaban J connectivity index is -0.0000000343. The third-order valence-corrected chi connectivity index (χ3v) is 1.29. The Morgan fingerprint density at radius 2 is 0.950 bits per heavy atom. The van der Waals surface area contributed by atoms with Gasteiger partial charge < -0.3 is 38.9 Å². The van der Waals surface area contributed by atoms with Crippen molar-refractivity contribution in [3.8, 4) is 0 Å². The van der Waals surface area contributed by atoms with Gasteiger partial charge in [0.2, 0.25) is 0 Å². The molecule has 0 bridgehead atoms. The van der Waals surface area contributed by atoms with E-state index in [4.69, 9.17) is 20.4 Å². The first kappa shape index (κ1) is 49.6. The van der Waals surface area contributed by atoms with Gasteiger partial charge in [0.05, 0.1) is 12.8 Å². The zero-order valence-corrected chi connectivity index (χ0v) is 9.77. The normalized spacial score (nSPS) is 7.05. The summed E-state index contributed by atoms with van der Waals surface area (Å²) in [6, 6.07) is 0. The Labute approximate surface area is 188 Å². The third-order valence-electron chi connectivity index (χ3n) is 1.29. The number of carboxylic acids is 3. The Morgan fingerprint density at radius 3 is 1.05 bits per heavy atom. The summed E-state index contributed by atoms with van der Waals surface area (Å²) >= 11 is 0. The Bertz CT molecular complexity index is 256. The van der Waals surface area contributed by atoms with E-state index in [9.17, 15) is 14.4 Å². The second kappa shape index (κ2) is 22.8. The molecule has 0 aromatic rings. The monoisotopic (exact) mass is 351 g/mol. The second-order valence-corrected chi connectivity index (χ2v) is 2.48. The molecule has 13 N–H and O–H groups in total. The van der Waals surface area contributed by atoms with Gasteiger partial charge in [0, 0.05) is 0 Å². The molecule has 0 atom stereocenters.